The van der Waals surface area contributed by atoms with Gasteiger partial charge < -0.3 is 4.42 Å². The summed E-state index contributed by atoms with van der Waals surface area (Å²) in [5.74, 6) is -0.589. The van der Waals surface area contributed by atoms with Crippen molar-refractivity contribution in [1.82, 2.24) is 4.90 Å². The van der Waals surface area contributed by atoms with E-state index in [0.29, 0.717) is 11.3 Å². The van der Waals surface area contributed by atoms with Gasteiger partial charge in [-0.05, 0) is 42.8 Å². The summed E-state index contributed by atoms with van der Waals surface area (Å²) >= 11 is 5.81. The van der Waals surface area contributed by atoms with Crippen molar-refractivity contribution in [1.29, 1.82) is 5.26 Å². The van der Waals surface area contributed by atoms with Gasteiger partial charge in [0.1, 0.15) is 28.2 Å². The van der Waals surface area contributed by atoms with E-state index in [9.17, 15) is 25.0 Å². The molecule has 1 aliphatic heterocycles. The summed E-state index contributed by atoms with van der Waals surface area (Å²) < 4.78 is 5.67. The molecule has 2 aromatic rings. The second-order valence-corrected chi connectivity index (χ2v) is 6.37. The van der Waals surface area contributed by atoms with Crippen LogP contribution in [0, 0.1) is 21.4 Å². The highest BCUT2D eigenvalue weighted by molar-refractivity contribution is 6.32. The quantitative estimate of drug-likeness (QED) is 0.337. The van der Waals surface area contributed by atoms with Crippen LogP contribution in [0.1, 0.15) is 12.7 Å². The van der Waals surface area contributed by atoms with Crippen LogP contribution in [0.3, 0.4) is 0 Å². The molecule has 0 atom stereocenters. The van der Waals surface area contributed by atoms with Crippen molar-refractivity contribution in [3.05, 3.63) is 67.9 Å². The highest BCUT2D eigenvalue weighted by Crippen LogP contribution is 2.32. The maximum absolute atomic E-state index is 12.4. The Bertz CT molecular complexity index is 1140. The summed E-state index contributed by atoms with van der Waals surface area (Å²) in [6, 6.07) is 9.23. The number of hydrogen-bond acceptors (Lipinski definition) is 6. The van der Waals surface area contributed by atoms with Crippen LogP contribution in [0.4, 0.5) is 5.69 Å². The number of rotatable bonds is 3. The number of likely N-dealkylation sites (N-methyl/N-ethyl adjacent to an activating group) is 1. The second-order valence-electron chi connectivity index (χ2n) is 5.96. The third kappa shape index (κ3) is 3.19. The summed E-state index contributed by atoms with van der Waals surface area (Å²) in [4.78, 5) is 35.7. The number of furan rings is 1. The molecule has 0 aliphatic carbocycles. The van der Waals surface area contributed by atoms with E-state index in [1.807, 2.05) is 6.07 Å². The Balaban J connectivity index is 2.03. The average Bonchev–Trinajstić information content (AvgIpc) is 3.13. The molecule has 0 spiro atoms. The van der Waals surface area contributed by atoms with Crippen LogP contribution in [-0.2, 0) is 9.59 Å². The van der Waals surface area contributed by atoms with E-state index in [4.69, 9.17) is 16.0 Å². The van der Waals surface area contributed by atoms with E-state index in [2.05, 4.69) is 0 Å². The topological polar surface area (TPSA) is 117 Å². The van der Waals surface area contributed by atoms with Gasteiger partial charge in [-0.1, -0.05) is 11.6 Å². The fourth-order valence-electron chi connectivity index (χ4n) is 2.73. The predicted octanol–water partition coefficient (Wildman–Crippen LogP) is 3.73. The molecule has 8 nitrogen and oxygen atoms in total. The predicted molar refractivity (Wildman–Crippen MR) is 99.9 cm³/mol. The van der Waals surface area contributed by atoms with E-state index in [1.54, 1.807) is 18.2 Å². The third-order valence-electron chi connectivity index (χ3n) is 4.29. The van der Waals surface area contributed by atoms with Gasteiger partial charge in [-0.2, -0.15) is 5.26 Å². The van der Waals surface area contributed by atoms with Crippen LogP contribution in [0.15, 0.2) is 51.5 Å². The van der Waals surface area contributed by atoms with Crippen molar-refractivity contribution in [3.63, 3.8) is 0 Å². The van der Waals surface area contributed by atoms with Crippen LogP contribution in [0.25, 0.3) is 17.4 Å². The average molecular weight is 398 g/mol. The molecular weight excluding hydrogens is 386 g/mol. The maximum Gasteiger partial charge on any atom is 0.288 e. The largest absolute Gasteiger partial charge is 0.457 e. The molecule has 2 amide bonds. The number of carbonyl (C=O) groups is 2. The van der Waals surface area contributed by atoms with Gasteiger partial charge in [0.15, 0.2) is 0 Å². The lowest BCUT2D eigenvalue weighted by molar-refractivity contribution is -0.384. The smallest absolute Gasteiger partial charge is 0.288 e. The van der Waals surface area contributed by atoms with E-state index in [1.165, 1.54) is 32.2 Å². The lowest BCUT2D eigenvalue weighted by Gasteiger charge is -2.23. The first-order valence-corrected chi connectivity index (χ1v) is 8.32. The molecule has 9 heteroatoms. The molecule has 0 radical (unpaired) electrons. The number of amides is 2. The van der Waals surface area contributed by atoms with Crippen LogP contribution in [0.2, 0.25) is 5.02 Å². The molecule has 1 aromatic carbocycles. The van der Waals surface area contributed by atoms with Crippen LogP contribution >= 0.6 is 11.6 Å². The molecule has 2 heterocycles. The Hall–Kier alpha value is -3.70. The number of benzene rings is 1. The summed E-state index contributed by atoms with van der Waals surface area (Å²) in [7, 11) is 1.29. The number of hydrogen-bond donors (Lipinski definition) is 0. The minimum absolute atomic E-state index is 0.00736. The maximum atomic E-state index is 12.4. The molecule has 3 rings (SSSR count). The molecule has 1 aromatic heterocycles. The molecule has 0 saturated carbocycles. The monoisotopic (exact) mass is 397 g/mol. The van der Waals surface area contributed by atoms with Gasteiger partial charge in [0.2, 0.25) is 0 Å². The van der Waals surface area contributed by atoms with E-state index in [0.717, 1.165) is 4.90 Å². The Labute approximate surface area is 164 Å². The van der Waals surface area contributed by atoms with Crippen molar-refractivity contribution in [3.8, 4) is 17.4 Å². The molecule has 0 fully saturated rings. The first-order chi connectivity index (χ1) is 13.2. The first-order valence-electron chi connectivity index (χ1n) is 7.94. The Morgan fingerprint density at radius 2 is 1.96 bits per heavy atom. The molecule has 0 bridgehead atoms. The van der Waals surface area contributed by atoms with Crippen molar-refractivity contribution >= 4 is 35.2 Å². The third-order valence-corrected chi connectivity index (χ3v) is 4.60. The van der Waals surface area contributed by atoms with E-state index >= 15 is 0 Å². The lowest BCUT2D eigenvalue weighted by atomic mass is 9.95. The lowest BCUT2D eigenvalue weighted by Crippen LogP contribution is -2.39. The first kappa shape index (κ1) is 19.1. The SMILES string of the molecule is CC1=C(C#N)C(=O)N(C)C(=O)/C1=C/c1ccc(-c2ccc(Cl)c([N+](=O)[O-])c2)o1. The highest BCUT2D eigenvalue weighted by atomic mass is 35.5. The zero-order valence-corrected chi connectivity index (χ0v) is 15.5. The molecule has 1 aliphatic rings. The minimum atomic E-state index is -0.657. The van der Waals surface area contributed by atoms with Crippen molar-refractivity contribution in [2.24, 2.45) is 0 Å². The normalized spacial score (nSPS) is 15.9. The van der Waals surface area contributed by atoms with Gasteiger partial charge in [0.05, 0.1) is 4.92 Å². The van der Waals surface area contributed by atoms with Gasteiger partial charge in [0.25, 0.3) is 17.5 Å². The molecule has 140 valence electrons. The summed E-state index contributed by atoms with van der Waals surface area (Å²) in [6.45, 7) is 1.51. The van der Waals surface area contributed by atoms with Gasteiger partial charge in [-0.25, -0.2) is 0 Å². The molecular formula is C19H12ClN3O5. The van der Waals surface area contributed by atoms with Crippen molar-refractivity contribution in [2.45, 2.75) is 6.92 Å². The minimum Gasteiger partial charge on any atom is -0.457 e. The van der Waals surface area contributed by atoms with Crippen molar-refractivity contribution in [2.75, 3.05) is 7.05 Å². The van der Waals surface area contributed by atoms with Crippen LogP contribution in [0.5, 0.6) is 0 Å². The highest BCUT2D eigenvalue weighted by Gasteiger charge is 2.33. The van der Waals surface area contributed by atoms with E-state index < -0.39 is 16.7 Å². The second kappa shape index (κ2) is 7.13. The van der Waals surface area contributed by atoms with E-state index in [-0.39, 0.29) is 33.2 Å². The summed E-state index contributed by atoms with van der Waals surface area (Å²) in [6.07, 6.45) is 1.42. The molecule has 0 N–H and O–H groups in total. The number of nitro benzene ring substituents is 1. The Morgan fingerprint density at radius 1 is 1.25 bits per heavy atom. The number of nitriles is 1. The number of nitro groups is 1. The standard InChI is InChI=1S/C19H12ClN3O5/c1-10-13(18(24)22(2)19(25)14(10)9-21)8-12-4-6-17(28-12)11-3-5-15(20)16(7-11)23(26)27/h3-8H,1-2H3/b13-8+. The van der Waals surface area contributed by atoms with Gasteiger partial charge in [-0.15, -0.1) is 0 Å². The fraction of sp³-hybridized carbons (Fsp3) is 0.105. The number of nitrogens with zero attached hydrogens (tertiary/aromatic N) is 3. The van der Waals surface area contributed by atoms with Crippen LogP contribution in [-0.4, -0.2) is 28.7 Å². The van der Waals surface area contributed by atoms with Crippen molar-refractivity contribution < 1.29 is 18.9 Å². The molecule has 0 saturated heterocycles. The Morgan fingerprint density at radius 3 is 2.61 bits per heavy atom. The van der Waals surface area contributed by atoms with Gasteiger partial charge >= 0.3 is 0 Å². The molecule has 0 unspecified atom stereocenters. The number of halogens is 1. The van der Waals surface area contributed by atoms with Crippen LogP contribution < -0.4 is 0 Å². The number of carbonyl (C=O) groups excluding carboxylic acids is 2. The zero-order valence-electron chi connectivity index (χ0n) is 14.7. The summed E-state index contributed by atoms with van der Waals surface area (Å²) in [5.41, 5.74) is 0.481. The zero-order chi connectivity index (χ0) is 20.6. The fourth-order valence-corrected chi connectivity index (χ4v) is 2.92. The number of imide groups is 1. The van der Waals surface area contributed by atoms with Gasteiger partial charge in [-0.3, -0.25) is 24.6 Å². The Kier molecular flexibility index (Phi) is 4.86. The summed E-state index contributed by atoms with van der Waals surface area (Å²) in [5, 5.41) is 20.2. The van der Waals surface area contributed by atoms with Gasteiger partial charge in [0, 0.05) is 24.3 Å². The molecule has 28 heavy (non-hydrogen) atoms.